The van der Waals surface area contributed by atoms with E-state index >= 15 is 0 Å². The molecule has 0 atom stereocenters. The van der Waals surface area contributed by atoms with Gasteiger partial charge in [0.1, 0.15) is 22.3 Å². The Hall–Kier alpha value is -6.26. The fraction of sp³-hybridized carbons (Fsp3) is 0. The van der Waals surface area contributed by atoms with Gasteiger partial charge in [0.05, 0.1) is 11.2 Å². The lowest BCUT2D eigenvalue weighted by Crippen LogP contribution is -1.95. The van der Waals surface area contributed by atoms with Gasteiger partial charge in [0, 0.05) is 38.1 Å². The summed E-state index contributed by atoms with van der Waals surface area (Å²) in [4.78, 5) is 10.3. The maximum atomic E-state index is 6.44. The molecule has 0 bridgehead atoms. The summed E-state index contributed by atoms with van der Waals surface area (Å²) in [6, 6.07) is 50.2. The third kappa shape index (κ3) is 3.80. The Balaban J connectivity index is 1.20. The maximum absolute atomic E-state index is 6.44. The van der Waals surface area contributed by atoms with Crippen LogP contribution in [0, 0.1) is 0 Å². The van der Waals surface area contributed by atoms with Crippen molar-refractivity contribution in [1.29, 1.82) is 0 Å². The van der Waals surface area contributed by atoms with E-state index in [1.54, 1.807) is 0 Å². The molecule has 0 aliphatic carbocycles. The molecule has 0 N–H and O–H groups in total. The number of benzene rings is 7. The second-order valence-corrected chi connectivity index (χ2v) is 11.8. The largest absolute Gasteiger partial charge is 0.456 e. The van der Waals surface area contributed by atoms with Crippen molar-refractivity contribution in [2.75, 3.05) is 0 Å². The number of fused-ring (bicyclic) bond motifs is 8. The van der Waals surface area contributed by atoms with Gasteiger partial charge in [-0.3, -0.25) is 0 Å². The van der Waals surface area contributed by atoms with E-state index in [2.05, 4.69) is 109 Å². The highest BCUT2D eigenvalue weighted by Gasteiger charge is 2.19. The molecule has 0 unspecified atom stereocenters. The van der Waals surface area contributed by atoms with E-state index in [4.69, 9.17) is 18.8 Å². The van der Waals surface area contributed by atoms with Crippen LogP contribution in [-0.4, -0.2) is 9.97 Å². The summed E-state index contributed by atoms with van der Waals surface area (Å²) in [5, 5.41) is 7.73. The zero-order chi connectivity index (χ0) is 30.2. The average molecular weight is 589 g/mol. The van der Waals surface area contributed by atoms with Crippen molar-refractivity contribution in [2.24, 2.45) is 0 Å². The fourth-order valence-corrected chi connectivity index (χ4v) is 6.86. The average Bonchev–Trinajstić information content (AvgIpc) is 3.67. The molecule has 0 amide bonds. The summed E-state index contributed by atoms with van der Waals surface area (Å²) >= 11 is 0. The molecule has 0 aliphatic rings. The molecule has 46 heavy (non-hydrogen) atoms. The summed E-state index contributed by atoms with van der Waals surface area (Å²) in [7, 11) is 0. The number of furan rings is 2. The van der Waals surface area contributed by atoms with Gasteiger partial charge in [-0.05, 0) is 70.4 Å². The number of hydrogen-bond donors (Lipinski definition) is 0. The third-order valence-electron chi connectivity index (χ3n) is 9.04. The van der Waals surface area contributed by atoms with Crippen molar-refractivity contribution in [3.8, 4) is 33.8 Å². The van der Waals surface area contributed by atoms with E-state index in [9.17, 15) is 0 Å². The lowest BCUT2D eigenvalue weighted by atomic mass is 9.96. The summed E-state index contributed by atoms with van der Waals surface area (Å²) in [5.74, 6) is 0.643. The van der Waals surface area contributed by atoms with Crippen molar-refractivity contribution in [3.05, 3.63) is 146 Å². The quantitative estimate of drug-likeness (QED) is 0.206. The highest BCUT2D eigenvalue weighted by Crippen LogP contribution is 2.41. The van der Waals surface area contributed by atoms with Crippen LogP contribution in [0.5, 0.6) is 0 Å². The number of nitrogens with zero attached hydrogens (tertiary/aromatic N) is 2. The van der Waals surface area contributed by atoms with Gasteiger partial charge in [-0.25, -0.2) is 9.97 Å². The van der Waals surface area contributed by atoms with Crippen molar-refractivity contribution in [1.82, 2.24) is 9.97 Å². The van der Waals surface area contributed by atoms with Crippen molar-refractivity contribution in [3.63, 3.8) is 0 Å². The van der Waals surface area contributed by atoms with E-state index < -0.39 is 0 Å². The van der Waals surface area contributed by atoms with Gasteiger partial charge in [0.25, 0.3) is 0 Å². The van der Waals surface area contributed by atoms with Gasteiger partial charge in [-0.15, -0.1) is 0 Å². The number of aromatic nitrogens is 2. The smallest absolute Gasteiger partial charge is 0.160 e. The predicted molar refractivity (Wildman–Crippen MR) is 188 cm³/mol. The lowest BCUT2D eigenvalue weighted by Gasteiger charge is -2.11. The van der Waals surface area contributed by atoms with E-state index in [0.717, 1.165) is 88.1 Å². The van der Waals surface area contributed by atoms with Crippen LogP contribution in [0.1, 0.15) is 0 Å². The van der Waals surface area contributed by atoms with Gasteiger partial charge in [0.15, 0.2) is 5.82 Å². The zero-order valence-electron chi connectivity index (χ0n) is 24.6. The monoisotopic (exact) mass is 588 g/mol. The van der Waals surface area contributed by atoms with Gasteiger partial charge >= 0.3 is 0 Å². The Bertz CT molecular complexity index is 2810. The Morgan fingerprint density at radius 1 is 0.391 bits per heavy atom. The maximum Gasteiger partial charge on any atom is 0.160 e. The molecule has 7 aromatic carbocycles. The first-order valence-corrected chi connectivity index (χ1v) is 15.4. The molecule has 0 saturated heterocycles. The Labute approximate surface area is 263 Å². The third-order valence-corrected chi connectivity index (χ3v) is 9.04. The van der Waals surface area contributed by atoms with Gasteiger partial charge < -0.3 is 8.83 Å². The Kier molecular flexibility index (Phi) is 5.25. The van der Waals surface area contributed by atoms with Crippen LogP contribution >= 0.6 is 0 Å². The van der Waals surface area contributed by atoms with E-state index in [-0.39, 0.29) is 0 Å². The van der Waals surface area contributed by atoms with Gasteiger partial charge in [-0.1, -0.05) is 97.1 Å². The van der Waals surface area contributed by atoms with Gasteiger partial charge in [0.2, 0.25) is 0 Å². The van der Waals surface area contributed by atoms with E-state index in [1.165, 1.54) is 5.39 Å². The highest BCUT2D eigenvalue weighted by molar-refractivity contribution is 6.14. The minimum Gasteiger partial charge on any atom is -0.456 e. The zero-order valence-corrected chi connectivity index (χ0v) is 24.6. The van der Waals surface area contributed by atoms with Crippen LogP contribution in [-0.2, 0) is 0 Å². The fourth-order valence-electron chi connectivity index (χ4n) is 6.86. The molecule has 4 heteroatoms. The van der Waals surface area contributed by atoms with Crippen molar-refractivity contribution >= 4 is 65.6 Å². The Morgan fingerprint density at radius 2 is 1.09 bits per heavy atom. The van der Waals surface area contributed by atoms with Crippen molar-refractivity contribution in [2.45, 2.75) is 0 Å². The van der Waals surface area contributed by atoms with Crippen LogP contribution < -0.4 is 0 Å². The molecule has 0 radical (unpaired) electrons. The highest BCUT2D eigenvalue weighted by atomic mass is 16.3. The molecule has 0 aliphatic heterocycles. The normalized spacial score (nSPS) is 11.9. The summed E-state index contributed by atoms with van der Waals surface area (Å²) in [5.41, 5.74) is 9.21. The summed E-state index contributed by atoms with van der Waals surface area (Å²) in [6.45, 7) is 0. The van der Waals surface area contributed by atoms with Crippen LogP contribution in [0.3, 0.4) is 0 Å². The number of rotatable bonds is 3. The minimum absolute atomic E-state index is 0.643. The summed E-state index contributed by atoms with van der Waals surface area (Å²) in [6.07, 6.45) is 0. The number of hydrogen-bond acceptors (Lipinski definition) is 4. The molecule has 10 aromatic rings. The van der Waals surface area contributed by atoms with Crippen molar-refractivity contribution < 1.29 is 8.83 Å². The second-order valence-electron chi connectivity index (χ2n) is 11.8. The first-order valence-electron chi connectivity index (χ1n) is 15.4. The van der Waals surface area contributed by atoms with E-state index in [1.807, 2.05) is 36.4 Å². The Morgan fingerprint density at radius 3 is 1.98 bits per heavy atom. The molecule has 0 fully saturated rings. The van der Waals surface area contributed by atoms with Crippen LogP contribution in [0.15, 0.2) is 154 Å². The molecule has 4 nitrogen and oxygen atoms in total. The molecule has 0 spiro atoms. The molecule has 3 heterocycles. The first-order chi connectivity index (χ1) is 22.8. The predicted octanol–water partition coefficient (Wildman–Crippen LogP) is 11.6. The lowest BCUT2D eigenvalue weighted by molar-refractivity contribution is 0.669. The van der Waals surface area contributed by atoms with Crippen LogP contribution in [0.2, 0.25) is 0 Å². The molecular weight excluding hydrogens is 564 g/mol. The molecule has 0 saturated carbocycles. The molecule has 214 valence electrons. The van der Waals surface area contributed by atoms with Gasteiger partial charge in [-0.2, -0.15) is 0 Å². The molecule has 3 aromatic heterocycles. The molecular formula is C42H24N2O2. The first kappa shape index (κ1) is 25.1. The molecule has 10 rings (SSSR count). The minimum atomic E-state index is 0.643. The number of para-hydroxylation sites is 2. The summed E-state index contributed by atoms with van der Waals surface area (Å²) < 4.78 is 12.9. The topological polar surface area (TPSA) is 52.1 Å². The standard InChI is InChI=1S/C42H24N2O2/c1-2-10-25(11-3-1)33-21-29(24-39-40(33)32-15-7-9-17-36(32)45-39)42-43-35-16-8-6-14-31(35)41(44-42)28-18-19-30-34-20-26-12-4-5-13-27(26)22-38(34)46-37(30)23-28/h1-24H. The van der Waals surface area contributed by atoms with E-state index in [0.29, 0.717) is 5.82 Å². The van der Waals surface area contributed by atoms with Crippen LogP contribution in [0.4, 0.5) is 0 Å². The SMILES string of the molecule is c1ccc(-c2cc(-c3nc(-c4ccc5c(c4)oc4cc6ccccc6cc45)c4ccccc4n3)cc3oc4ccccc4c23)cc1. The van der Waals surface area contributed by atoms with Crippen LogP contribution in [0.25, 0.3) is 99.3 Å². The second kappa shape index (κ2) is 9.62.